The van der Waals surface area contributed by atoms with E-state index in [0.29, 0.717) is 11.8 Å². The molecule has 2 aliphatic heterocycles. The summed E-state index contributed by atoms with van der Waals surface area (Å²) in [6, 6.07) is 9.77. The van der Waals surface area contributed by atoms with Crippen molar-refractivity contribution in [1.82, 2.24) is 10.2 Å². The molecule has 1 saturated heterocycles. The summed E-state index contributed by atoms with van der Waals surface area (Å²) in [7, 11) is 0. The minimum Gasteiger partial charge on any atom is -0.375 e. The normalized spacial score (nSPS) is 36.5. The van der Waals surface area contributed by atoms with Crippen LogP contribution in [0.2, 0.25) is 0 Å². The number of nitrogens with one attached hydrogen (secondary N) is 1. The fraction of sp³-hybridized carbons (Fsp3) is 0.609. The predicted molar refractivity (Wildman–Crippen MR) is 120 cm³/mol. The van der Waals surface area contributed by atoms with Gasteiger partial charge in [0.25, 0.3) is 5.91 Å². The maximum absolute atomic E-state index is 13.4. The van der Waals surface area contributed by atoms with Crippen LogP contribution >= 0.6 is 27.7 Å². The monoisotopic (exact) mass is 476 g/mol. The Kier molecular flexibility index (Phi) is 5.13. The van der Waals surface area contributed by atoms with Crippen LogP contribution in [0.4, 0.5) is 0 Å². The van der Waals surface area contributed by atoms with Gasteiger partial charge in [0.2, 0.25) is 0 Å². The van der Waals surface area contributed by atoms with Crippen LogP contribution in [0.5, 0.6) is 0 Å². The summed E-state index contributed by atoms with van der Waals surface area (Å²) in [4.78, 5) is 16.1. The van der Waals surface area contributed by atoms with Crippen molar-refractivity contribution in [2.75, 3.05) is 13.1 Å². The number of hydrogen-bond donors (Lipinski definition) is 2. The van der Waals surface area contributed by atoms with Gasteiger partial charge in [0.1, 0.15) is 0 Å². The number of rotatable bonds is 5. The van der Waals surface area contributed by atoms with Crippen molar-refractivity contribution in [2.24, 2.45) is 17.8 Å². The zero-order valence-electron chi connectivity index (χ0n) is 16.8. The first-order valence-electron chi connectivity index (χ1n) is 10.8. The molecule has 1 aromatic rings. The number of piperidine rings is 1. The van der Waals surface area contributed by atoms with Crippen molar-refractivity contribution in [3.05, 3.63) is 45.8 Å². The Morgan fingerprint density at radius 1 is 1.24 bits per heavy atom. The first kappa shape index (κ1) is 20.1. The molecule has 0 bridgehead atoms. The molecule has 6 heteroatoms. The van der Waals surface area contributed by atoms with E-state index in [2.05, 4.69) is 38.5 Å². The quantitative estimate of drug-likeness (QED) is 0.668. The van der Waals surface area contributed by atoms with Gasteiger partial charge in [-0.3, -0.25) is 9.69 Å². The Balaban J connectivity index is 1.26. The molecule has 1 aromatic carbocycles. The van der Waals surface area contributed by atoms with Gasteiger partial charge in [-0.25, -0.2) is 0 Å². The summed E-state index contributed by atoms with van der Waals surface area (Å²) in [5.74, 6) is 0.850. The summed E-state index contributed by atoms with van der Waals surface area (Å²) in [6.07, 6.45) is 5.07. The van der Waals surface area contributed by atoms with Gasteiger partial charge in [-0.05, 0) is 42.6 Å². The fourth-order valence-corrected chi connectivity index (χ4v) is 7.76. The van der Waals surface area contributed by atoms with Crippen LogP contribution in [0, 0.1) is 17.8 Å². The van der Waals surface area contributed by atoms with Crippen LogP contribution in [0.1, 0.15) is 44.6 Å². The van der Waals surface area contributed by atoms with E-state index in [1.165, 1.54) is 4.48 Å². The number of thioether (sulfide) groups is 1. The highest BCUT2D eigenvalue weighted by atomic mass is 79.9. The molecule has 2 aliphatic carbocycles. The molecule has 4 aliphatic rings. The summed E-state index contributed by atoms with van der Waals surface area (Å²) < 4.78 is 1.28. The van der Waals surface area contributed by atoms with E-state index in [1.54, 1.807) is 0 Å². The first-order valence-corrected chi connectivity index (χ1v) is 12.5. The molecule has 2 saturated carbocycles. The molecular weight excluding hydrogens is 448 g/mol. The molecule has 29 heavy (non-hydrogen) atoms. The third-order valence-electron chi connectivity index (χ3n) is 7.60. The lowest BCUT2D eigenvalue weighted by Crippen LogP contribution is -2.51. The second-order valence-electron chi connectivity index (χ2n) is 9.38. The number of halogens is 1. The van der Waals surface area contributed by atoms with Crippen LogP contribution in [-0.2, 0) is 10.4 Å². The summed E-state index contributed by atoms with van der Waals surface area (Å²) in [5.41, 5.74) is -0.668. The van der Waals surface area contributed by atoms with Crippen LogP contribution in [-0.4, -0.2) is 39.9 Å². The average molecular weight is 477 g/mol. The second-order valence-corrected chi connectivity index (χ2v) is 11.7. The summed E-state index contributed by atoms with van der Waals surface area (Å²) in [6.45, 7) is 4.37. The second kappa shape index (κ2) is 7.40. The number of benzene rings is 1. The zero-order valence-corrected chi connectivity index (χ0v) is 19.2. The van der Waals surface area contributed by atoms with E-state index in [0.717, 1.165) is 50.8 Å². The highest BCUT2D eigenvalue weighted by molar-refractivity contribution is 9.11. The number of aliphatic hydroxyl groups is 1. The van der Waals surface area contributed by atoms with E-state index in [1.807, 2.05) is 42.1 Å². The van der Waals surface area contributed by atoms with Crippen LogP contribution in [0.3, 0.4) is 0 Å². The molecule has 156 valence electrons. The minimum absolute atomic E-state index is 0.0113. The van der Waals surface area contributed by atoms with Gasteiger partial charge < -0.3 is 10.4 Å². The molecule has 4 nitrogen and oxygen atoms in total. The maximum atomic E-state index is 13.4. The topological polar surface area (TPSA) is 52.6 Å². The molecular formula is C23H29BrN2O2S. The van der Waals surface area contributed by atoms with E-state index in [-0.39, 0.29) is 22.7 Å². The van der Waals surface area contributed by atoms with Gasteiger partial charge in [0.15, 0.2) is 5.60 Å². The molecule has 4 unspecified atom stereocenters. The van der Waals surface area contributed by atoms with Crippen molar-refractivity contribution in [1.29, 1.82) is 0 Å². The average Bonchev–Trinajstić information content (AvgIpc) is 3.24. The van der Waals surface area contributed by atoms with Gasteiger partial charge in [-0.15, -0.1) is 11.8 Å². The Bertz CT molecular complexity index is 815. The first-order chi connectivity index (χ1) is 13.9. The predicted octanol–water partition coefficient (Wildman–Crippen LogP) is 4.20. The number of carbonyl (C=O) groups excluding carboxylic acids is 1. The fourth-order valence-electron chi connectivity index (χ4n) is 5.75. The Morgan fingerprint density at radius 2 is 1.90 bits per heavy atom. The van der Waals surface area contributed by atoms with Gasteiger partial charge in [-0.2, -0.15) is 0 Å². The number of hydrogen-bond acceptors (Lipinski definition) is 4. The number of carbonyl (C=O) groups is 1. The van der Waals surface area contributed by atoms with E-state index < -0.39 is 5.60 Å². The lowest BCUT2D eigenvalue weighted by Gasteiger charge is -2.37. The highest BCUT2D eigenvalue weighted by Crippen LogP contribution is 2.54. The molecule has 0 radical (unpaired) electrons. The smallest absolute Gasteiger partial charge is 0.257 e. The number of fused-ring (bicyclic) bond motifs is 1. The van der Waals surface area contributed by atoms with E-state index in [9.17, 15) is 9.90 Å². The van der Waals surface area contributed by atoms with Crippen molar-refractivity contribution in [3.63, 3.8) is 0 Å². The van der Waals surface area contributed by atoms with Crippen molar-refractivity contribution >= 4 is 33.6 Å². The van der Waals surface area contributed by atoms with Crippen molar-refractivity contribution in [2.45, 2.75) is 55.5 Å². The van der Waals surface area contributed by atoms with Crippen molar-refractivity contribution in [3.8, 4) is 0 Å². The molecule has 5 rings (SSSR count). The van der Waals surface area contributed by atoms with Crippen LogP contribution in [0.15, 0.2) is 40.2 Å². The summed E-state index contributed by atoms with van der Waals surface area (Å²) >= 11 is 5.53. The van der Waals surface area contributed by atoms with Gasteiger partial charge >= 0.3 is 0 Å². The molecule has 1 amide bonds. The SMILES string of the molecule is CC1(N2CC3C(C2)C3NC(=O)C(O)(c2ccccc2)C2CCCC2)CC(Br)=CS1. The standard InChI is InChI=1S/C23H29BrN2O2S/c1-22(11-17(24)14-29-22)26-12-18-19(13-26)20(18)25-21(27)23(28,16-9-5-6-10-16)15-7-3-2-4-8-15/h2-4,7-8,14,16,18-20,28H,5-6,9-13H2,1H3,(H,25,27). The maximum Gasteiger partial charge on any atom is 0.257 e. The number of nitrogens with zero attached hydrogens (tertiary/aromatic N) is 1. The Labute approximate surface area is 185 Å². The number of likely N-dealkylation sites (tertiary alicyclic amines) is 1. The van der Waals surface area contributed by atoms with E-state index >= 15 is 0 Å². The Hall–Kier alpha value is -0.820. The van der Waals surface area contributed by atoms with Gasteiger partial charge in [0.05, 0.1) is 4.87 Å². The lowest BCUT2D eigenvalue weighted by atomic mass is 9.79. The van der Waals surface area contributed by atoms with Crippen LogP contribution in [0.25, 0.3) is 0 Å². The zero-order chi connectivity index (χ0) is 20.2. The Morgan fingerprint density at radius 3 is 2.48 bits per heavy atom. The third-order valence-corrected chi connectivity index (χ3v) is 9.73. The van der Waals surface area contributed by atoms with Crippen LogP contribution < -0.4 is 5.32 Å². The van der Waals surface area contributed by atoms with Crippen molar-refractivity contribution < 1.29 is 9.90 Å². The molecule has 4 atom stereocenters. The summed E-state index contributed by atoms with van der Waals surface area (Å²) in [5, 5.41) is 17.1. The molecule has 0 aromatic heterocycles. The van der Waals surface area contributed by atoms with Gasteiger partial charge in [-0.1, -0.05) is 59.1 Å². The van der Waals surface area contributed by atoms with E-state index in [4.69, 9.17) is 0 Å². The third kappa shape index (κ3) is 3.40. The molecule has 2 N–H and O–H groups in total. The lowest BCUT2D eigenvalue weighted by molar-refractivity contribution is -0.147. The largest absolute Gasteiger partial charge is 0.375 e. The van der Waals surface area contributed by atoms with Gasteiger partial charge in [0, 0.05) is 36.0 Å². The molecule has 0 spiro atoms. The molecule has 3 fully saturated rings. The minimum atomic E-state index is -1.41. The highest BCUT2D eigenvalue weighted by Gasteiger charge is 2.60. The number of amides is 1. The molecule has 2 heterocycles.